The molecule has 5 nitrogen and oxygen atoms in total. The quantitative estimate of drug-likeness (QED) is 0.778. The second kappa shape index (κ2) is 4.33. The number of hydrogen-bond donors (Lipinski definition) is 1. The molecule has 1 unspecified atom stereocenters. The molecule has 0 spiro atoms. The van der Waals surface area contributed by atoms with Crippen molar-refractivity contribution < 1.29 is 18.3 Å². The first-order valence-electron chi connectivity index (χ1n) is 5.29. The first kappa shape index (κ1) is 13.4. The SMILES string of the molecule is CN(C1CCS(=O)(=O)C1)C(C)(C)CC(=O)O. The lowest BCUT2D eigenvalue weighted by atomic mass is 9.96. The van der Waals surface area contributed by atoms with Crippen molar-refractivity contribution in [3.8, 4) is 0 Å². The highest BCUT2D eigenvalue weighted by Gasteiger charge is 2.37. The molecule has 0 saturated carbocycles. The van der Waals surface area contributed by atoms with Gasteiger partial charge >= 0.3 is 5.97 Å². The van der Waals surface area contributed by atoms with Gasteiger partial charge in [0.25, 0.3) is 0 Å². The molecule has 1 heterocycles. The summed E-state index contributed by atoms with van der Waals surface area (Å²) in [7, 11) is -1.12. The Morgan fingerprint density at radius 3 is 2.44 bits per heavy atom. The summed E-state index contributed by atoms with van der Waals surface area (Å²) in [6.45, 7) is 3.65. The highest BCUT2D eigenvalue weighted by Crippen LogP contribution is 2.25. The molecule has 94 valence electrons. The Morgan fingerprint density at radius 2 is 2.06 bits per heavy atom. The smallest absolute Gasteiger partial charge is 0.305 e. The zero-order valence-corrected chi connectivity index (χ0v) is 10.7. The van der Waals surface area contributed by atoms with Gasteiger partial charge in [0.1, 0.15) is 0 Å². The normalized spacial score (nSPS) is 24.9. The standard InChI is InChI=1S/C10H19NO4S/c1-10(2,6-9(12)13)11(3)8-4-5-16(14,15)7-8/h8H,4-7H2,1-3H3,(H,12,13). The molecular weight excluding hydrogens is 230 g/mol. The molecule has 0 aromatic rings. The molecule has 1 fully saturated rings. The maximum Gasteiger partial charge on any atom is 0.305 e. The molecule has 16 heavy (non-hydrogen) atoms. The fourth-order valence-electron chi connectivity index (χ4n) is 2.07. The Kier molecular flexibility index (Phi) is 3.64. The minimum absolute atomic E-state index is 0.0139. The van der Waals surface area contributed by atoms with Gasteiger partial charge in [0, 0.05) is 11.6 Å². The van der Waals surface area contributed by atoms with Crippen molar-refractivity contribution in [2.24, 2.45) is 0 Å². The molecule has 6 heteroatoms. The van der Waals surface area contributed by atoms with Crippen molar-refractivity contribution in [1.82, 2.24) is 4.90 Å². The molecule has 0 amide bonds. The van der Waals surface area contributed by atoms with Gasteiger partial charge in [-0.3, -0.25) is 9.69 Å². The maximum absolute atomic E-state index is 11.4. The van der Waals surface area contributed by atoms with Crippen LogP contribution >= 0.6 is 0 Å². The first-order valence-corrected chi connectivity index (χ1v) is 7.11. The molecule has 1 saturated heterocycles. The van der Waals surface area contributed by atoms with E-state index in [0.717, 1.165) is 0 Å². The molecule has 0 radical (unpaired) electrons. The fourth-order valence-corrected chi connectivity index (χ4v) is 3.84. The van der Waals surface area contributed by atoms with Crippen LogP contribution in [0.1, 0.15) is 26.7 Å². The summed E-state index contributed by atoms with van der Waals surface area (Å²) in [6, 6.07) is -0.0562. The van der Waals surface area contributed by atoms with Gasteiger partial charge in [-0.15, -0.1) is 0 Å². The number of sulfone groups is 1. The van der Waals surface area contributed by atoms with Crippen LogP contribution in [0.5, 0.6) is 0 Å². The number of aliphatic carboxylic acids is 1. The second-order valence-corrected chi connectivity index (χ2v) is 7.28. The van der Waals surface area contributed by atoms with E-state index in [1.807, 2.05) is 18.7 Å². The van der Waals surface area contributed by atoms with E-state index < -0.39 is 21.3 Å². The molecule has 1 atom stereocenters. The van der Waals surface area contributed by atoms with Gasteiger partial charge in [-0.05, 0) is 27.3 Å². The van der Waals surface area contributed by atoms with E-state index in [1.54, 1.807) is 7.05 Å². The molecule has 0 aliphatic carbocycles. The van der Waals surface area contributed by atoms with Crippen LogP contribution in [0.15, 0.2) is 0 Å². The Morgan fingerprint density at radius 1 is 1.50 bits per heavy atom. The topological polar surface area (TPSA) is 74.7 Å². The molecule has 1 rings (SSSR count). The number of carbonyl (C=O) groups is 1. The highest BCUT2D eigenvalue weighted by molar-refractivity contribution is 7.91. The van der Waals surface area contributed by atoms with Crippen molar-refractivity contribution >= 4 is 15.8 Å². The van der Waals surface area contributed by atoms with Gasteiger partial charge in [-0.25, -0.2) is 8.42 Å². The summed E-state index contributed by atoms with van der Waals surface area (Å²) in [5.74, 6) is -0.504. The number of carboxylic acids is 1. The number of nitrogens with zero attached hydrogens (tertiary/aromatic N) is 1. The summed E-state index contributed by atoms with van der Waals surface area (Å²) in [5, 5.41) is 8.80. The van der Waals surface area contributed by atoms with Crippen LogP contribution < -0.4 is 0 Å². The van der Waals surface area contributed by atoms with Crippen LogP contribution in [-0.4, -0.2) is 54.5 Å². The van der Waals surface area contributed by atoms with Gasteiger partial charge in [0.05, 0.1) is 17.9 Å². The lowest BCUT2D eigenvalue weighted by Crippen LogP contribution is -2.49. The van der Waals surface area contributed by atoms with Gasteiger partial charge in [-0.1, -0.05) is 0 Å². The lowest BCUT2D eigenvalue weighted by molar-refractivity contribution is -0.140. The molecule has 0 aromatic heterocycles. The van der Waals surface area contributed by atoms with Crippen LogP contribution in [0.3, 0.4) is 0 Å². The predicted octanol–water partition coefficient (Wildman–Crippen LogP) is 0.359. The van der Waals surface area contributed by atoms with Crippen molar-refractivity contribution in [3.63, 3.8) is 0 Å². The molecule has 1 aliphatic heterocycles. The minimum atomic E-state index is -2.92. The van der Waals surface area contributed by atoms with E-state index in [0.29, 0.717) is 6.42 Å². The molecule has 1 N–H and O–H groups in total. The first-order chi connectivity index (χ1) is 7.14. The fraction of sp³-hybridized carbons (Fsp3) is 0.900. The second-order valence-electron chi connectivity index (χ2n) is 5.05. The van der Waals surface area contributed by atoms with Crippen molar-refractivity contribution in [2.75, 3.05) is 18.6 Å². The van der Waals surface area contributed by atoms with E-state index in [2.05, 4.69) is 0 Å². The monoisotopic (exact) mass is 249 g/mol. The van der Waals surface area contributed by atoms with Gasteiger partial charge < -0.3 is 5.11 Å². The van der Waals surface area contributed by atoms with Crippen molar-refractivity contribution in [2.45, 2.75) is 38.3 Å². The zero-order chi connectivity index (χ0) is 12.6. The summed E-state index contributed by atoms with van der Waals surface area (Å²) < 4.78 is 22.7. The largest absolute Gasteiger partial charge is 0.481 e. The Labute approximate surface area is 96.4 Å². The zero-order valence-electron chi connectivity index (χ0n) is 9.93. The average molecular weight is 249 g/mol. The molecule has 1 aliphatic rings. The van der Waals surface area contributed by atoms with Crippen LogP contribution in [0, 0.1) is 0 Å². The highest BCUT2D eigenvalue weighted by atomic mass is 32.2. The van der Waals surface area contributed by atoms with Crippen LogP contribution in [0.25, 0.3) is 0 Å². The van der Waals surface area contributed by atoms with Crippen LogP contribution in [0.4, 0.5) is 0 Å². The number of hydrogen-bond acceptors (Lipinski definition) is 4. The number of carboxylic acid groups (broad SMARTS) is 1. The van der Waals surface area contributed by atoms with Crippen LogP contribution in [0.2, 0.25) is 0 Å². The van der Waals surface area contributed by atoms with Crippen LogP contribution in [-0.2, 0) is 14.6 Å². The Balaban J connectivity index is 2.71. The van der Waals surface area contributed by atoms with Gasteiger partial charge in [-0.2, -0.15) is 0 Å². The Bertz CT molecular complexity index is 374. The third-order valence-corrected chi connectivity index (χ3v) is 5.05. The van der Waals surface area contributed by atoms with E-state index >= 15 is 0 Å². The van der Waals surface area contributed by atoms with E-state index in [1.165, 1.54) is 0 Å². The summed E-state index contributed by atoms with van der Waals surface area (Å²) in [5.41, 5.74) is -0.518. The van der Waals surface area contributed by atoms with Gasteiger partial charge in [0.2, 0.25) is 0 Å². The van der Waals surface area contributed by atoms with E-state index in [-0.39, 0.29) is 24.0 Å². The van der Waals surface area contributed by atoms with Gasteiger partial charge in [0.15, 0.2) is 9.84 Å². The average Bonchev–Trinajstić information content (AvgIpc) is 2.42. The molecule has 0 bridgehead atoms. The van der Waals surface area contributed by atoms with Crippen molar-refractivity contribution in [1.29, 1.82) is 0 Å². The predicted molar refractivity (Wildman–Crippen MR) is 61.2 cm³/mol. The number of rotatable bonds is 4. The summed E-state index contributed by atoms with van der Waals surface area (Å²) in [4.78, 5) is 12.6. The minimum Gasteiger partial charge on any atom is -0.481 e. The van der Waals surface area contributed by atoms with E-state index in [9.17, 15) is 13.2 Å². The molecular formula is C10H19NO4S. The third kappa shape index (κ3) is 3.18. The lowest BCUT2D eigenvalue weighted by Gasteiger charge is -2.38. The van der Waals surface area contributed by atoms with E-state index in [4.69, 9.17) is 5.11 Å². The summed E-state index contributed by atoms with van der Waals surface area (Å²) >= 11 is 0. The maximum atomic E-state index is 11.4. The Hall–Kier alpha value is -0.620. The van der Waals surface area contributed by atoms with Crippen molar-refractivity contribution in [3.05, 3.63) is 0 Å². The third-order valence-electron chi connectivity index (χ3n) is 3.29. The molecule has 0 aromatic carbocycles. The summed E-state index contributed by atoms with van der Waals surface area (Å²) in [6.07, 6.45) is 0.613.